The zero-order chi connectivity index (χ0) is 4.24. The number of hydrogen-bond acceptors (Lipinski definition) is 1. The molecule has 1 nitrogen and oxygen atoms in total. The zero-order valence-corrected chi connectivity index (χ0v) is 5.33. The fourth-order valence-electron chi connectivity index (χ4n) is 0.313. The van der Waals surface area contributed by atoms with Crippen molar-refractivity contribution >= 4 is 0 Å². The quantitative estimate of drug-likeness (QED) is 0.287. The summed E-state index contributed by atoms with van der Waals surface area (Å²) in [5.74, 6) is 0. The molecule has 0 fully saturated rings. The van der Waals surface area contributed by atoms with Gasteiger partial charge in [-0.1, -0.05) is 6.07 Å². The predicted octanol–water partition coefficient (Wildman–Crippen LogP) is -1.46. The molecule has 0 aliphatic rings. The fourth-order valence-corrected chi connectivity index (χ4v) is 0.313. The van der Waals surface area contributed by atoms with Gasteiger partial charge in [-0.15, -0.1) is 0 Å². The van der Waals surface area contributed by atoms with Crippen molar-refractivity contribution in [2.75, 3.05) is 0 Å². The van der Waals surface area contributed by atoms with Crippen LogP contribution < -0.4 is 18.9 Å². The Labute approximate surface area is 62.3 Å². The maximum atomic E-state index is 3.78. The summed E-state index contributed by atoms with van der Waals surface area (Å²) in [7, 11) is 0. The number of pyridine rings is 1. The summed E-state index contributed by atoms with van der Waals surface area (Å²) < 4.78 is 0. The summed E-state index contributed by atoms with van der Waals surface area (Å²) in [6, 6.07) is 5.72. The Morgan fingerprint density at radius 2 is 1.38 bits per heavy atom. The molecule has 1 aromatic rings. The maximum Gasteiger partial charge on any atom is 1.00 e. The molecule has 0 aliphatic heterocycles. The van der Waals surface area contributed by atoms with Crippen LogP contribution in [0.1, 0.15) is 0 Å². The van der Waals surface area contributed by atoms with Crippen molar-refractivity contribution < 1.29 is 18.9 Å². The number of rotatable bonds is 0. The molecule has 38 valence electrons. The van der Waals surface area contributed by atoms with Crippen molar-refractivity contribution in [3.05, 3.63) is 38.0 Å². The van der Waals surface area contributed by atoms with E-state index in [0.717, 1.165) is 0 Å². The molecule has 1 heterocycles. The van der Waals surface area contributed by atoms with Crippen molar-refractivity contribution in [1.82, 2.24) is 4.98 Å². The maximum absolute atomic E-state index is 3.78. The summed E-state index contributed by atoms with van der Waals surface area (Å²) in [5.41, 5.74) is 0. The zero-order valence-electron chi connectivity index (χ0n) is 5.33. The van der Waals surface area contributed by atoms with Crippen LogP contribution in [-0.2, 0) is 0 Å². The molecule has 0 aliphatic carbocycles. The molecule has 0 radical (unpaired) electrons. The van der Waals surface area contributed by atoms with Crippen LogP contribution in [0.15, 0.2) is 30.6 Å². The smallest absolute Gasteiger partial charge is 0.358 e. The van der Waals surface area contributed by atoms with Gasteiger partial charge in [-0.2, -0.15) is 0 Å². The third kappa shape index (κ3) is 3.92. The molecule has 0 atom stereocenters. The van der Waals surface area contributed by atoms with Gasteiger partial charge in [0, 0.05) is 12.4 Å². The van der Waals surface area contributed by atoms with E-state index < -0.39 is 0 Å². The van der Waals surface area contributed by atoms with E-state index in [0.29, 0.717) is 0 Å². The van der Waals surface area contributed by atoms with Crippen LogP contribution >= 0.6 is 0 Å². The van der Waals surface area contributed by atoms with Gasteiger partial charge in [0.05, 0.1) is 0 Å². The van der Waals surface area contributed by atoms with Crippen LogP contribution in [0.3, 0.4) is 0 Å². The van der Waals surface area contributed by atoms with Crippen molar-refractivity contribution in [2.24, 2.45) is 0 Å². The molecule has 0 spiro atoms. The number of hydrogen-bond donors (Lipinski definition) is 0. The largest absolute Gasteiger partial charge is 1.00 e. The van der Waals surface area contributed by atoms with Crippen molar-refractivity contribution in [3.8, 4) is 0 Å². The Balaban J connectivity index is 0. The second-order valence-corrected chi connectivity index (χ2v) is 1.02. The fraction of sp³-hybridized carbons (Fsp3) is 0. The molecule has 0 saturated heterocycles. The monoisotopic (exact) mass is 101 g/mol. The molecule has 0 amide bonds. The van der Waals surface area contributed by atoms with E-state index in [1.807, 2.05) is 18.2 Å². The van der Waals surface area contributed by atoms with E-state index in [2.05, 4.69) is 4.98 Å². The van der Waals surface area contributed by atoms with Crippen LogP contribution in [0, 0.1) is 7.43 Å². The average Bonchev–Trinajstić information content (AvgIpc) is 1.72. The molecule has 0 N–H and O–H groups in total. The number of aromatic nitrogens is 1. The van der Waals surface area contributed by atoms with Crippen molar-refractivity contribution in [3.63, 3.8) is 0 Å². The Morgan fingerprint density at radius 1 is 0.875 bits per heavy atom. The molecule has 0 unspecified atom stereocenters. The van der Waals surface area contributed by atoms with Crippen LogP contribution in [0.25, 0.3) is 0 Å². The van der Waals surface area contributed by atoms with Crippen LogP contribution in [0.5, 0.6) is 0 Å². The van der Waals surface area contributed by atoms with Crippen molar-refractivity contribution in [2.45, 2.75) is 0 Å². The third-order valence-corrected chi connectivity index (χ3v) is 0.566. The topological polar surface area (TPSA) is 12.9 Å². The van der Waals surface area contributed by atoms with Crippen LogP contribution in [0.4, 0.5) is 0 Å². The van der Waals surface area contributed by atoms with Gasteiger partial charge in [0.25, 0.3) is 0 Å². The summed E-state index contributed by atoms with van der Waals surface area (Å²) in [6.07, 6.45) is 3.50. The van der Waals surface area contributed by atoms with Crippen LogP contribution in [-0.4, -0.2) is 4.98 Å². The van der Waals surface area contributed by atoms with E-state index in [1.54, 1.807) is 12.4 Å². The van der Waals surface area contributed by atoms with Gasteiger partial charge in [-0.05, 0) is 12.1 Å². The first-order chi connectivity index (χ1) is 3.00. The minimum atomic E-state index is 0. The van der Waals surface area contributed by atoms with E-state index in [4.69, 9.17) is 0 Å². The van der Waals surface area contributed by atoms with Gasteiger partial charge < -0.3 is 7.43 Å². The Kier molecular flexibility index (Phi) is 9.01. The molecule has 8 heavy (non-hydrogen) atoms. The molecular weight excluding hydrogens is 93.0 g/mol. The number of nitrogens with zero attached hydrogens (tertiary/aromatic N) is 1. The van der Waals surface area contributed by atoms with E-state index >= 15 is 0 Å². The first-order valence-corrected chi connectivity index (χ1v) is 1.85. The average molecular weight is 101 g/mol. The van der Waals surface area contributed by atoms with Gasteiger partial charge in [0.1, 0.15) is 0 Å². The molecule has 1 aromatic heterocycles. The second kappa shape index (κ2) is 6.75. The van der Waals surface area contributed by atoms with Gasteiger partial charge in [-0.3, -0.25) is 4.98 Å². The van der Waals surface area contributed by atoms with E-state index in [1.165, 1.54) is 0 Å². The third-order valence-electron chi connectivity index (χ3n) is 0.566. The summed E-state index contributed by atoms with van der Waals surface area (Å²) in [4.78, 5) is 3.78. The molecule has 2 heteroatoms. The van der Waals surface area contributed by atoms with Gasteiger partial charge in [0.2, 0.25) is 0 Å². The van der Waals surface area contributed by atoms with Crippen LogP contribution in [0.2, 0.25) is 0 Å². The van der Waals surface area contributed by atoms with Gasteiger partial charge >= 0.3 is 18.9 Å². The molecule has 1 rings (SSSR count). The molecule has 0 aromatic carbocycles. The minimum Gasteiger partial charge on any atom is -0.358 e. The summed E-state index contributed by atoms with van der Waals surface area (Å²) in [5, 5.41) is 0. The van der Waals surface area contributed by atoms with Crippen molar-refractivity contribution in [1.29, 1.82) is 0 Å². The normalized spacial score (nSPS) is 6.00. The Bertz CT molecular complexity index is 80.5. The summed E-state index contributed by atoms with van der Waals surface area (Å²) in [6.45, 7) is 0. The van der Waals surface area contributed by atoms with E-state index in [9.17, 15) is 0 Å². The molecule has 0 saturated carbocycles. The summed E-state index contributed by atoms with van der Waals surface area (Å²) >= 11 is 0. The first-order valence-electron chi connectivity index (χ1n) is 1.85. The van der Waals surface area contributed by atoms with Gasteiger partial charge in [-0.25, -0.2) is 0 Å². The Hall–Kier alpha value is -0.253. The minimum absolute atomic E-state index is 0. The molecule has 0 bridgehead atoms. The Morgan fingerprint density at radius 3 is 1.50 bits per heavy atom. The van der Waals surface area contributed by atoms with E-state index in [-0.39, 0.29) is 26.3 Å². The SMILES string of the molecule is [CH3-].[Li+].c1ccncc1. The standard InChI is InChI=1S/C5H5N.CH3.Li/c1-2-4-6-5-3-1;;/h1-5H;1H3;/q;-1;+1. The second-order valence-electron chi connectivity index (χ2n) is 1.02. The van der Waals surface area contributed by atoms with Gasteiger partial charge in [0.15, 0.2) is 0 Å². The predicted molar refractivity (Wildman–Crippen MR) is 30.7 cm³/mol. The molecular formula is C6H8LiN. The first kappa shape index (κ1) is 10.7.